The number of carbonyl (C=O) groups is 1. The summed E-state index contributed by atoms with van der Waals surface area (Å²) in [7, 11) is 0. The van der Waals surface area contributed by atoms with Crippen LogP contribution in [0.2, 0.25) is 10.0 Å². The van der Waals surface area contributed by atoms with Crippen LogP contribution in [-0.4, -0.2) is 61.5 Å². The Labute approximate surface area is 178 Å². The topological polar surface area (TPSA) is 26.8 Å². The lowest BCUT2D eigenvalue weighted by Gasteiger charge is -2.44. The second-order valence-electron chi connectivity index (χ2n) is 8.79. The van der Waals surface area contributed by atoms with Crippen molar-refractivity contribution < 1.29 is 4.79 Å². The number of rotatable bonds is 4. The van der Waals surface area contributed by atoms with Gasteiger partial charge in [-0.1, -0.05) is 42.5 Å². The number of piperidine rings is 1. The minimum absolute atomic E-state index is 0.341. The molecular formula is C22H31Cl2N3O. The van der Waals surface area contributed by atoms with Gasteiger partial charge in [0.25, 0.3) is 0 Å². The molecule has 4 rings (SSSR count). The van der Waals surface area contributed by atoms with Crippen molar-refractivity contribution in [2.75, 3.05) is 50.7 Å². The van der Waals surface area contributed by atoms with Gasteiger partial charge in [-0.25, -0.2) is 0 Å². The van der Waals surface area contributed by atoms with Crippen molar-refractivity contribution in [1.29, 1.82) is 0 Å². The molecule has 0 radical (unpaired) electrons. The molecule has 0 aromatic heterocycles. The van der Waals surface area contributed by atoms with Crippen LogP contribution in [-0.2, 0) is 4.79 Å². The van der Waals surface area contributed by atoms with E-state index >= 15 is 0 Å². The van der Waals surface area contributed by atoms with Crippen molar-refractivity contribution in [3.05, 3.63) is 28.2 Å². The van der Waals surface area contributed by atoms with E-state index in [-0.39, 0.29) is 0 Å². The molecule has 1 spiro atoms. The van der Waals surface area contributed by atoms with E-state index < -0.39 is 0 Å². The Morgan fingerprint density at radius 2 is 1.64 bits per heavy atom. The third kappa shape index (κ3) is 4.60. The second kappa shape index (κ2) is 8.81. The SMILES string of the molecule is O=C1CC2(CCCCC2)CCN1CCN1CCN(c2cc(Cl)ccc2Cl)CC1. The molecular weight excluding hydrogens is 393 g/mol. The number of benzene rings is 1. The maximum atomic E-state index is 12.7. The Morgan fingerprint density at radius 3 is 2.36 bits per heavy atom. The lowest BCUT2D eigenvalue weighted by atomic mass is 9.68. The second-order valence-corrected chi connectivity index (χ2v) is 9.64. The van der Waals surface area contributed by atoms with E-state index in [2.05, 4.69) is 14.7 Å². The molecule has 154 valence electrons. The zero-order chi connectivity index (χ0) is 19.6. The molecule has 0 atom stereocenters. The van der Waals surface area contributed by atoms with Crippen LogP contribution in [0.15, 0.2) is 18.2 Å². The van der Waals surface area contributed by atoms with Gasteiger partial charge in [-0.2, -0.15) is 0 Å². The van der Waals surface area contributed by atoms with Crippen molar-refractivity contribution in [2.45, 2.75) is 44.9 Å². The van der Waals surface area contributed by atoms with E-state index in [0.29, 0.717) is 11.3 Å². The molecule has 0 unspecified atom stereocenters. The lowest BCUT2D eigenvalue weighted by Crippen LogP contribution is -2.51. The minimum atomic E-state index is 0.341. The van der Waals surface area contributed by atoms with Gasteiger partial charge in [0.15, 0.2) is 0 Å². The standard InChI is InChI=1S/C22H31Cl2N3O/c23-18-4-5-19(24)20(16-18)26-13-10-25(11-14-26)12-15-27-9-8-22(17-21(27)28)6-2-1-3-7-22/h4-5,16H,1-3,6-15,17H2. The maximum absolute atomic E-state index is 12.7. The van der Waals surface area contributed by atoms with Gasteiger partial charge in [0.1, 0.15) is 0 Å². The number of carbonyl (C=O) groups excluding carboxylic acids is 1. The van der Waals surface area contributed by atoms with Crippen molar-refractivity contribution in [2.24, 2.45) is 5.41 Å². The summed E-state index contributed by atoms with van der Waals surface area (Å²) in [6.07, 6.45) is 8.50. The smallest absolute Gasteiger partial charge is 0.223 e. The van der Waals surface area contributed by atoms with Crippen LogP contribution in [0.3, 0.4) is 0 Å². The van der Waals surface area contributed by atoms with Crippen molar-refractivity contribution in [3.63, 3.8) is 0 Å². The first kappa shape index (κ1) is 20.3. The Hall–Kier alpha value is -0.970. The summed E-state index contributed by atoms with van der Waals surface area (Å²) in [4.78, 5) is 19.6. The molecule has 0 N–H and O–H groups in total. The molecule has 2 heterocycles. The fraction of sp³-hybridized carbons (Fsp3) is 0.682. The number of hydrogen-bond acceptors (Lipinski definition) is 3. The predicted molar refractivity (Wildman–Crippen MR) is 116 cm³/mol. The zero-order valence-electron chi connectivity index (χ0n) is 16.6. The molecule has 2 saturated heterocycles. The normalized spacial score (nSPS) is 23.4. The average molecular weight is 424 g/mol. The summed E-state index contributed by atoms with van der Waals surface area (Å²) in [5, 5.41) is 1.48. The summed E-state index contributed by atoms with van der Waals surface area (Å²) >= 11 is 12.5. The zero-order valence-corrected chi connectivity index (χ0v) is 18.1. The Morgan fingerprint density at radius 1 is 0.893 bits per heavy atom. The summed E-state index contributed by atoms with van der Waals surface area (Å²) in [5.74, 6) is 0.387. The molecule has 2 aliphatic heterocycles. The van der Waals surface area contributed by atoms with Crippen molar-refractivity contribution in [1.82, 2.24) is 9.80 Å². The van der Waals surface area contributed by atoms with Gasteiger partial charge in [0.2, 0.25) is 5.91 Å². The van der Waals surface area contributed by atoms with Crippen LogP contribution < -0.4 is 4.90 Å². The van der Waals surface area contributed by atoms with E-state index in [1.807, 2.05) is 18.2 Å². The van der Waals surface area contributed by atoms with Crippen LogP contribution >= 0.6 is 23.2 Å². The number of piperazine rings is 1. The highest BCUT2D eigenvalue weighted by molar-refractivity contribution is 6.35. The highest BCUT2D eigenvalue weighted by Gasteiger charge is 2.39. The van der Waals surface area contributed by atoms with Gasteiger partial charge >= 0.3 is 0 Å². The quantitative estimate of drug-likeness (QED) is 0.702. The molecule has 1 aromatic carbocycles. The Bertz CT molecular complexity index is 697. The first-order valence-electron chi connectivity index (χ1n) is 10.7. The monoisotopic (exact) mass is 423 g/mol. The molecule has 28 heavy (non-hydrogen) atoms. The highest BCUT2D eigenvalue weighted by atomic mass is 35.5. The lowest BCUT2D eigenvalue weighted by molar-refractivity contribution is -0.139. The van der Waals surface area contributed by atoms with Crippen LogP contribution in [0.5, 0.6) is 0 Å². The summed E-state index contributed by atoms with van der Waals surface area (Å²) in [5.41, 5.74) is 1.37. The van der Waals surface area contributed by atoms with Gasteiger partial charge < -0.3 is 9.80 Å². The van der Waals surface area contributed by atoms with Crippen LogP contribution in [0.4, 0.5) is 5.69 Å². The molecule has 3 aliphatic rings. The molecule has 1 aromatic rings. The summed E-state index contributed by atoms with van der Waals surface area (Å²) in [6, 6.07) is 5.65. The fourth-order valence-electron chi connectivity index (χ4n) is 5.19. The van der Waals surface area contributed by atoms with E-state index in [1.165, 1.54) is 38.5 Å². The third-order valence-corrected chi connectivity index (χ3v) is 7.57. The van der Waals surface area contributed by atoms with Crippen molar-refractivity contribution >= 4 is 34.8 Å². The minimum Gasteiger partial charge on any atom is -0.368 e. The van der Waals surface area contributed by atoms with Crippen LogP contribution in [0.1, 0.15) is 44.9 Å². The van der Waals surface area contributed by atoms with Gasteiger partial charge in [0.05, 0.1) is 10.7 Å². The predicted octanol–water partition coefficient (Wildman–Crippen LogP) is 4.69. The average Bonchev–Trinajstić information content (AvgIpc) is 2.70. The number of nitrogens with zero attached hydrogens (tertiary/aromatic N) is 3. The molecule has 0 bridgehead atoms. The van der Waals surface area contributed by atoms with Gasteiger partial charge in [-0.15, -0.1) is 0 Å². The highest BCUT2D eigenvalue weighted by Crippen LogP contribution is 2.44. The number of likely N-dealkylation sites (tertiary alicyclic amines) is 1. The van der Waals surface area contributed by atoms with Crippen LogP contribution in [0.25, 0.3) is 0 Å². The van der Waals surface area contributed by atoms with Gasteiger partial charge in [-0.3, -0.25) is 9.69 Å². The van der Waals surface area contributed by atoms with E-state index in [0.717, 1.165) is 68.0 Å². The molecule has 1 amide bonds. The van der Waals surface area contributed by atoms with Gasteiger partial charge in [-0.05, 0) is 42.9 Å². The van der Waals surface area contributed by atoms with Crippen molar-refractivity contribution in [3.8, 4) is 0 Å². The number of anilines is 1. The first-order valence-corrected chi connectivity index (χ1v) is 11.5. The maximum Gasteiger partial charge on any atom is 0.223 e. The van der Waals surface area contributed by atoms with Crippen LogP contribution in [0, 0.1) is 5.41 Å². The largest absolute Gasteiger partial charge is 0.368 e. The summed E-state index contributed by atoms with van der Waals surface area (Å²) < 4.78 is 0. The fourth-order valence-corrected chi connectivity index (χ4v) is 5.59. The number of hydrogen-bond donors (Lipinski definition) is 0. The number of halogens is 2. The molecule has 1 aliphatic carbocycles. The number of amides is 1. The molecule has 6 heteroatoms. The molecule has 4 nitrogen and oxygen atoms in total. The Kier molecular flexibility index (Phi) is 6.39. The molecule has 3 fully saturated rings. The van der Waals surface area contributed by atoms with E-state index in [1.54, 1.807) is 0 Å². The third-order valence-electron chi connectivity index (χ3n) is 7.01. The first-order chi connectivity index (χ1) is 13.5. The molecule has 1 saturated carbocycles. The Balaban J connectivity index is 1.23. The van der Waals surface area contributed by atoms with Gasteiger partial charge in [0, 0.05) is 57.3 Å². The van der Waals surface area contributed by atoms with E-state index in [4.69, 9.17) is 23.2 Å². The summed E-state index contributed by atoms with van der Waals surface area (Å²) in [6.45, 7) is 6.66. The van der Waals surface area contributed by atoms with E-state index in [9.17, 15) is 4.79 Å².